The molecule has 1 aliphatic heterocycles. The summed E-state index contributed by atoms with van der Waals surface area (Å²) in [7, 11) is 0. The zero-order valence-electron chi connectivity index (χ0n) is 15.9. The van der Waals surface area contributed by atoms with Crippen molar-refractivity contribution in [1.82, 2.24) is 15.1 Å². The van der Waals surface area contributed by atoms with Gasteiger partial charge in [-0.15, -0.1) is 0 Å². The summed E-state index contributed by atoms with van der Waals surface area (Å²) in [5.74, 6) is -0.153. The van der Waals surface area contributed by atoms with Gasteiger partial charge in [0.1, 0.15) is 0 Å². The van der Waals surface area contributed by atoms with E-state index in [2.05, 4.69) is 15.5 Å². The first-order valence-corrected chi connectivity index (χ1v) is 9.72. The number of carbonyl (C=O) groups is 2. The first-order valence-electron chi connectivity index (χ1n) is 9.72. The highest BCUT2D eigenvalue weighted by Crippen LogP contribution is 2.21. The van der Waals surface area contributed by atoms with Crippen molar-refractivity contribution in [3.8, 4) is 0 Å². The van der Waals surface area contributed by atoms with Crippen LogP contribution in [-0.2, 0) is 16.0 Å². The van der Waals surface area contributed by atoms with Crippen molar-refractivity contribution < 1.29 is 9.59 Å². The molecule has 0 atom stereocenters. The third kappa shape index (κ3) is 4.18. The molecule has 0 unspecified atom stereocenters. The Morgan fingerprint density at radius 3 is 2.38 bits per heavy atom. The largest absolute Gasteiger partial charge is 0.342 e. The van der Waals surface area contributed by atoms with Gasteiger partial charge in [-0.25, -0.2) is 5.10 Å². The number of likely N-dealkylation sites (tertiary alicyclic amines) is 1. The first kappa shape index (κ1) is 18.9. The van der Waals surface area contributed by atoms with Gasteiger partial charge in [-0.3, -0.25) is 14.4 Å². The van der Waals surface area contributed by atoms with Crippen molar-refractivity contribution in [2.75, 3.05) is 18.4 Å². The number of hydrogen-bond donors (Lipinski definition) is 2. The Bertz CT molecular complexity index is 1090. The number of nitrogens with one attached hydrogen (secondary N) is 2. The molecule has 148 valence electrons. The smallest absolute Gasteiger partial charge is 0.272 e. The number of aromatic amines is 1. The molecular formula is C22H22N4O3. The van der Waals surface area contributed by atoms with Crippen molar-refractivity contribution in [1.29, 1.82) is 0 Å². The van der Waals surface area contributed by atoms with Crippen LogP contribution in [0.5, 0.6) is 0 Å². The number of fused-ring (bicyclic) bond motifs is 1. The predicted octanol–water partition coefficient (Wildman–Crippen LogP) is 2.34. The second kappa shape index (κ2) is 8.26. The van der Waals surface area contributed by atoms with Crippen LogP contribution in [0.2, 0.25) is 0 Å². The lowest BCUT2D eigenvalue weighted by molar-refractivity contribution is -0.133. The van der Waals surface area contributed by atoms with Crippen LogP contribution < -0.4 is 10.9 Å². The second-order valence-corrected chi connectivity index (χ2v) is 7.23. The summed E-state index contributed by atoms with van der Waals surface area (Å²) in [6.45, 7) is 1.07. The fourth-order valence-corrected chi connectivity index (χ4v) is 3.72. The molecule has 4 rings (SSSR count). The highest BCUT2D eigenvalue weighted by atomic mass is 16.2. The van der Waals surface area contributed by atoms with E-state index in [1.165, 1.54) is 0 Å². The SMILES string of the molecule is O=C(Nc1ccccc1)C1CCN(C(=O)Cc2n[nH]c(=O)c3ccccc23)CC1. The van der Waals surface area contributed by atoms with E-state index in [0.717, 1.165) is 5.69 Å². The lowest BCUT2D eigenvalue weighted by Crippen LogP contribution is -2.42. The highest BCUT2D eigenvalue weighted by molar-refractivity contribution is 5.93. The summed E-state index contributed by atoms with van der Waals surface area (Å²) in [6, 6.07) is 16.5. The quantitative estimate of drug-likeness (QED) is 0.715. The lowest BCUT2D eigenvalue weighted by Gasteiger charge is -2.31. The van der Waals surface area contributed by atoms with Gasteiger partial charge in [0.25, 0.3) is 5.56 Å². The molecule has 1 fully saturated rings. The molecule has 0 aliphatic carbocycles. The molecule has 0 spiro atoms. The Balaban J connectivity index is 1.37. The molecule has 3 aromatic rings. The molecule has 1 aliphatic rings. The maximum absolute atomic E-state index is 12.8. The molecule has 2 heterocycles. The van der Waals surface area contributed by atoms with Crippen LogP contribution >= 0.6 is 0 Å². The zero-order valence-corrected chi connectivity index (χ0v) is 15.9. The van der Waals surface area contributed by atoms with Gasteiger partial charge in [0.15, 0.2) is 0 Å². The number of piperidine rings is 1. The number of amides is 2. The van der Waals surface area contributed by atoms with Gasteiger partial charge in [-0.2, -0.15) is 5.10 Å². The van der Waals surface area contributed by atoms with Crippen LogP contribution in [0.15, 0.2) is 59.4 Å². The van der Waals surface area contributed by atoms with Crippen LogP contribution in [0.1, 0.15) is 18.5 Å². The molecule has 0 radical (unpaired) electrons. The Hall–Kier alpha value is -3.48. The van der Waals surface area contributed by atoms with E-state index in [1.807, 2.05) is 36.4 Å². The van der Waals surface area contributed by atoms with Gasteiger partial charge in [-0.1, -0.05) is 36.4 Å². The summed E-state index contributed by atoms with van der Waals surface area (Å²) < 4.78 is 0. The minimum Gasteiger partial charge on any atom is -0.342 e. The lowest BCUT2D eigenvalue weighted by atomic mass is 9.95. The third-order valence-electron chi connectivity index (χ3n) is 5.35. The summed E-state index contributed by atoms with van der Waals surface area (Å²) in [6.07, 6.45) is 1.38. The van der Waals surface area contributed by atoms with Crippen LogP contribution in [0.25, 0.3) is 10.8 Å². The average molecular weight is 390 g/mol. The standard InChI is InChI=1S/C22H22N4O3/c27-20(14-19-17-8-4-5-9-18(17)22(29)25-24-19)26-12-10-15(11-13-26)21(28)23-16-6-2-1-3-7-16/h1-9,15H,10-14H2,(H,23,28)(H,25,29). The van der Waals surface area contributed by atoms with Crippen molar-refractivity contribution in [3.63, 3.8) is 0 Å². The Morgan fingerprint density at radius 2 is 1.66 bits per heavy atom. The fraction of sp³-hybridized carbons (Fsp3) is 0.273. The second-order valence-electron chi connectivity index (χ2n) is 7.23. The Morgan fingerprint density at radius 1 is 1.00 bits per heavy atom. The number of nitrogens with zero attached hydrogens (tertiary/aromatic N) is 2. The van der Waals surface area contributed by atoms with E-state index in [-0.39, 0.29) is 29.7 Å². The maximum atomic E-state index is 12.8. The van der Waals surface area contributed by atoms with E-state index < -0.39 is 0 Å². The van der Waals surface area contributed by atoms with E-state index >= 15 is 0 Å². The van der Waals surface area contributed by atoms with Gasteiger partial charge >= 0.3 is 0 Å². The number of carbonyl (C=O) groups excluding carboxylic acids is 2. The molecule has 0 saturated carbocycles. The minimum atomic E-state index is -0.262. The fourth-order valence-electron chi connectivity index (χ4n) is 3.72. The molecule has 2 N–H and O–H groups in total. The number of aromatic nitrogens is 2. The van der Waals surface area contributed by atoms with Crippen molar-refractivity contribution in [2.24, 2.45) is 5.92 Å². The average Bonchev–Trinajstić information content (AvgIpc) is 2.76. The monoisotopic (exact) mass is 390 g/mol. The number of H-pyrrole nitrogens is 1. The van der Waals surface area contributed by atoms with Crippen molar-refractivity contribution in [3.05, 3.63) is 70.6 Å². The molecule has 2 aromatic carbocycles. The van der Waals surface area contributed by atoms with Gasteiger partial charge < -0.3 is 10.2 Å². The number of para-hydroxylation sites is 1. The number of hydrogen-bond acceptors (Lipinski definition) is 4. The maximum Gasteiger partial charge on any atom is 0.272 e. The van der Waals surface area contributed by atoms with E-state index in [1.54, 1.807) is 23.1 Å². The summed E-state index contributed by atoms with van der Waals surface area (Å²) in [5, 5.41) is 10.7. The normalized spacial score (nSPS) is 14.7. The molecule has 2 amide bonds. The minimum absolute atomic E-state index is 0.00315. The summed E-state index contributed by atoms with van der Waals surface area (Å²) in [4.78, 5) is 38.9. The van der Waals surface area contributed by atoms with Crippen LogP contribution in [-0.4, -0.2) is 40.0 Å². The van der Waals surface area contributed by atoms with Crippen LogP contribution in [0.4, 0.5) is 5.69 Å². The number of anilines is 1. The van der Waals surface area contributed by atoms with E-state index in [0.29, 0.717) is 42.4 Å². The Labute approximate surface area is 167 Å². The Kier molecular flexibility index (Phi) is 5.37. The number of benzene rings is 2. The van der Waals surface area contributed by atoms with Gasteiger partial charge in [-0.05, 0) is 31.0 Å². The molecule has 29 heavy (non-hydrogen) atoms. The van der Waals surface area contributed by atoms with Crippen LogP contribution in [0.3, 0.4) is 0 Å². The summed E-state index contributed by atoms with van der Waals surface area (Å²) >= 11 is 0. The molecule has 1 aromatic heterocycles. The summed E-state index contributed by atoms with van der Waals surface area (Å²) in [5.41, 5.74) is 1.09. The third-order valence-corrected chi connectivity index (χ3v) is 5.35. The topological polar surface area (TPSA) is 95.2 Å². The van der Waals surface area contributed by atoms with Gasteiger partial charge in [0.2, 0.25) is 11.8 Å². The molecule has 0 bridgehead atoms. The van der Waals surface area contributed by atoms with E-state index in [4.69, 9.17) is 0 Å². The van der Waals surface area contributed by atoms with Crippen LogP contribution in [0, 0.1) is 5.92 Å². The molecule has 7 heteroatoms. The molecule has 1 saturated heterocycles. The van der Waals surface area contributed by atoms with E-state index in [9.17, 15) is 14.4 Å². The first-order chi connectivity index (χ1) is 14.1. The van der Waals surface area contributed by atoms with Crippen molar-refractivity contribution in [2.45, 2.75) is 19.3 Å². The van der Waals surface area contributed by atoms with Crippen molar-refractivity contribution >= 4 is 28.3 Å². The zero-order chi connectivity index (χ0) is 20.2. The van der Waals surface area contributed by atoms with Gasteiger partial charge in [0.05, 0.1) is 17.5 Å². The number of rotatable bonds is 4. The predicted molar refractivity (Wildman–Crippen MR) is 110 cm³/mol. The highest BCUT2D eigenvalue weighted by Gasteiger charge is 2.27. The molecular weight excluding hydrogens is 368 g/mol. The van der Waals surface area contributed by atoms with Gasteiger partial charge in [0, 0.05) is 30.1 Å². The molecule has 7 nitrogen and oxygen atoms in total.